The molecule has 2 aliphatic rings. The highest BCUT2D eigenvalue weighted by molar-refractivity contribution is 6.31. The van der Waals surface area contributed by atoms with E-state index < -0.39 is 0 Å². The zero-order valence-electron chi connectivity index (χ0n) is 8.96. The number of hydrogen-bond donors (Lipinski definition) is 1. The Morgan fingerprint density at radius 3 is 2.69 bits per heavy atom. The predicted molar refractivity (Wildman–Crippen MR) is 67.9 cm³/mol. The van der Waals surface area contributed by atoms with Crippen molar-refractivity contribution in [1.29, 1.82) is 0 Å². The topological polar surface area (TPSA) is 21.3 Å². The van der Waals surface area contributed by atoms with Crippen LogP contribution in [0.25, 0.3) is 0 Å². The molecule has 1 saturated heterocycles. The minimum atomic E-state index is 0. The standard InChI is InChI=1S/C12H14ClNO.ClH/c13-10-2-1-3-11-9(10)8-12(15-11)4-6-14-7-5-12;/h1-3,14H,4-8H2;1H. The van der Waals surface area contributed by atoms with Gasteiger partial charge >= 0.3 is 0 Å². The van der Waals surface area contributed by atoms with Crippen molar-refractivity contribution in [3.63, 3.8) is 0 Å². The summed E-state index contributed by atoms with van der Waals surface area (Å²) in [6.07, 6.45) is 3.14. The molecule has 0 unspecified atom stereocenters. The summed E-state index contributed by atoms with van der Waals surface area (Å²) in [6, 6.07) is 5.93. The van der Waals surface area contributed by atoms with Gasteiger partial charge in [-0.25, -0.2) is 0 Å². The highest BCUT2D eigenvalue weighted by atomic mass is 35.5. The van der Waals surface area contributed by atoms with Gasteiger partial charge in [0.05, 0.1) is 0 Å². The maximum absolute atomic E-state index is 6.18. The third kappa shape index (κ3) is 1.90. The molecule has 1 spiro atoms. The molecule has 0 atom stereocenters. The maximum Gasteiger partial charge on any atom is 0.124 e. The van der Waals surface area contributed by atoms with Crippen LogP contribution in [0.5, 0.6) is 5.75 Å². The van der Waals surface area contributed by atoms with E-state index >= 15 is 0 Å². The molecule has 3 rings (SSSR count). The molecule has 0 radical (unpaired) electrons. The number of rotatable bonds is 0. The van der Waals surface area contributed by atoms with Crippen molar-refractivity contribution in [1.82, 2.24) is 5.32 Å². The number of nitrogens with one attached hydrogen (secondary N) is 1. The van der Waals surface area contributed by atoms with Crippen LogP contribution in [0.1, 0.15) is 18.4 Å². The fraction of sp³-hybridized carbons (Fsp3) is 0.500. The van der Waals surface area contributed by atoms with Crippen LogP contribution in [0.4, 0.5) is 0 Å². The molecule has 2 nitrogen and oxygen atoms in total. The molecule has 0 aromatic heterocycles. The van der Waals surface area contributed by atoms with Gasteiger partial charge in [0, 0.05) is 17.0 Å². The summed E-state index contributed by atoms with van der Waals surface area (Å²) in [5.74, 6) is 0.990. The summed E-state index contributed by atoms with van der Waals surface area (Å²) in [5.41, 5.74) is 1.22. The molecule has 1 aromatic rings. The summed E-state index contributed by atoms with van der Waals surface area (Å²) in [7, 11) is 0. The Labute approximate surface area is 107 Å². The van der Waals surface area contributed by atoms with Gasteiger partial charge in [-0.1, -0.05) is 17.7 Å². The number of piperidine rings is 1. The minimum Gasteiger partial charge on any atom is -0.486 e. The van der Waals surface area contributed by atoms with Gasteiger partial charge in [0.15, 0.2) is 0 Å². The van der Waals surface area contributed by atoms with Gasteiger partial charge in [-0.05, 0) is 38.1 Å². The number of benzene rings is 1. The molecule has 1 fully saturated rings. The van der Waals surface area contributed by atoms with Crippen molar-refractivity contribution in [2.45, 2.75) is 24.9 Å². The fourth-order valence-corrected chi connectivity index (χ4v) is 2.79. The monoisotopic (exact) mass is 259 g/mol. The first-order chi connectivity index (χ1) is 7.29. The largest absolute Gasteiger partial charge is 0.486 e. The van der Waals surface area contributed by atoms with Crippen molar-refractivity contribution in [3.8, 4) is 5.75 Å². The van der Waals surface area contributed by atoms with Crippen LogP contribution in [0.3, 0.4) is 0 Å². The molecule has 4 heteroatoms. The summed E-state index contributed by atoms with van der Waals surface area (Å²) in [5, 5.41) is 4.21. The predicted octanol–water partition coefficient (Wildman–Crippen LogP) is 2.82. The van der Waals surface area contributed by atoms with E-state index in [0.29, 0.717) is 0 Å². The van der Waals surface area contributed by atoms with Crippen LogP contribution in [-0.2, 0) is 6.42 Å². The Morgan fingerprint density at radius 1 is 1.25 bits per heavy atom. The van der Waals surface area contributed by atoms with Crippen LogP contribution in [0.15, 0.2) is 18.2 Å². The Balaban J connectivity index is 0.000000963. The summed E-state index contributed by atoms with van der Waals surface area (Å²) in [4.78, 5) is 0. The van der Waals surface area contributed by atoms with Gasteiger partial charge in [-0.15, -0.1) is 12.4 Å². The van der Waals surface area contributed by atoms with E-state index in [0.717, 1.165) is 43.1 Å². The van der Waals surface area contributed by atoms with E-state index in [1.54, 1.807) is 0 Å². The molecular formula is C12H15Cl2NO. The third-order valence-corrected chi connectivity index (χ3v) is 3.77. The third-order valence-electron chi connectivity index (χ3n) is 3.42. The quantitative estimate of drug-likeness (QED) is 0.774. The van der Waals surface area contributed by atoms with E-state index in [1.165, 1.54) is 5.56 Å². The molecule has 1 aromatic carbocycles. The second-order valence-corrected chi connectivity index (χ2v) is 4.84. The lowest BCUT2D eigenvalue weighted by molar-refractivity contribution is 0.0600. The first-order valence-electron chi connectivity index (χ1n) is 5.46. The first-order valence-corrected chi connectivity index (χ1v) is 5.84. The maximum atomic E-state index is 6.18. The average Bonchev–Trinajstić information content (AvgIpc) is 2.59. The van der Waals surface area contributed by atoms with Gasteiger partial charge in [0.25, 0.3) is 0 Å². The SMILES string of the molecule is Cl.Clc1cccc2c1CC1(CCNCC1)O2. The van der Waals surface area contributed by atoms with Gasteiger partial charge in [0.1, 0.15) is 11.4 Å². The van der Waals surface area contributed by atoms with Crippen molar-refractivity contribution in [2.75, 3.05) is 13.1 Å². The van der Waals surface area contributed by atoms with E-state index in [9.17, 15) is 0 Å². The van der Waals surface area contributed by atoms with Crippen molar-refractivity contribution < 1.29 is 4.74 Å². The second kappa shape index (κ2) is 4.44. The first kappa shape index (κ1) is 12.0. The van der Waals surface area contributed by atoms with Gasteiger partial charge in [-0.3, -0.25) is 0 Å². The van der Waals surface area contributed by atoms with Crippen LogP contribution >= 0.6 is 24.0 Å². The molecule has 0 amide bonds. The number of ether oxygens (including phenoxy) is 1. The van der Waals surface area contributed by atoms with Crippen LogP contribution in [0, 0.1) is 0 Å². The minimum absolute atomic E-state index is 0. The number of hydrogen-bond acceptors (Lipinski definition) is 2. The molecular weight excluding hydrogens is 245 g/mol. The molecule has 0 aliphatic carbocycles. The van der Waals surface area contributed by atoms with Crippen molar-refractivity contribution in [2.24, 2.45) is 0 Å². The average molecular weight is 260 g/mol. The molecule has 1 N–H and O–H groups in total. The zero-order chi connectivity index (χ0) is 10.3. The number of fused-ring (bicyclic) bond motifs is 1. The highest BCUT2D eigenvalue weighted by Crippen LogP contribution is 2.42. The molecule has 2 aliphatic heterocycles. The second-order valence-electron chi connectivity index (χ2n) is 4.43. The summed E-state index contributed by atoms with van der Waals surface area (Å²) >= 11 is 6.18. The van der Waals surface area contributed by atoms with Crippen molar-refractivity contribution >= 4 is 24.0 Å². The van der Waals surface area contributed by atoms with Crippen LogP contribution < -0.4 is 10.1 Å². The lowest BCUT2D eigenvalue weighted by Crippen LogP contribution is -2.45. The highest BCUT2D eigenvalue weighted by Gasteiger charge is 2.40. The Hall–Kier alpha value is -0.440. The molecule has 0 bridgehead atoms. The lowest BCUT2D eigenvalue weighted by atomic mass is 9.88. The van der Waals surface area contributed by atoms with Crippen LogP contribution in [-0.4, -0.2) is 18.7 Å². The molecule has 0 saturated carbocycles. The Morgan fingerprint density at radius 2 is 2.00 bits per heavy atom. The zero-order valence-corrected chi connectivity index (χ0v) is 10.5. The normalized spacial score (nSPS) is 21.1. The van der Waals surface area contributed by atoms with Crippen LogP contribution in [0.2, 0.25) is 5.02 Å². The van der Waals surface area contributed by atoms with E-state index in [-0.39, 0.29) is 18.0 Å². The van der Waals surface area contributed by atoms with Crippen molar-refractivity contribution in [3.05, 3.63) is 28.8 Å². The Kier molecular flexibility index (Phi) is 3.34. The van der Waals surface area contributed by atoms with E-state index in [2.05, 4.69) is 5.32 Å². The summed E-state index contributed by atoms with van der Waals surface area (Å²) in [6.45, 7) is 2.09. The molecule has 88 valence electrons. The van der Waals surface area contributed by atoms with E-state index in [1.807, 2.05) is 18.2 Å². The molecule has 2 heterocycles. The van der Waals surface area contributed by atoms with E-state index in [4.69, 9.17) is 16.3 Å². The molecule has 16 heavy (non-hydrogen) atoms. The fourth-order valence-electron chi connectivity index (χ4n) is 2.56. The van der Waals surface area contributed by atoms with Gasteiger partial charge in [-0.2, -0.15) is 0 Å². The smallest absolute Gasteiger partial charge is 0.124 e. The Bertz CT molecular complexity index is 389. The van der Waals surface area contributed by atoms with Gasteiger partial charge < -0.3 is 10.1 Å². The lowest BCUT2D eigenvalue weighted by Gasteiger charge is -2.33. The number of halogens is 2. The van der Waals surface area contributed by atoms with Gasteiger partial charge in [0.2, 0.25) is 0 Å². The summed E-state index contributed by atoms with van der Waals surface area (Å²) < 4.78 is 6.09.